The number of hydrogen-bond acceptors (Lipinski definition) is 5. The van der Waals surface area contributed by atoms with E-state index < -0.39 is 0 Å². The van der Waals surface area contributed by atoms with Crippen molar-refractivity contribution in [3.63, 3.8) is 0 Å². The smallest absolute Gasteiger partial charge is 0.211 e. The standard InChI is InChI=1S/C21H31N3O2/c1-15-14-23(16(2)20-22-13-19(26-20)21(3,4)5)10-11-24(15)17-8-7-9-18(12-17)25-6/h7-9,12-13,15-16H,10-11,14H2,1-6H3/t15-,16+/m1/s1. The molecule has 0 saturated carbocycles. The number of aromatic nitrogens is 1. The normalized spacial score (nSPS) is 20.2. The van der Waals surface area contributed by atoms with Crippen LogP contribution in [0.2, 0.25) is 0 Å². The largest absolute Gasteiger partial charge is 0.497 e. The number of nitrogens with zero attached hydrogens (tertiary/aromatic N) is 3. The maximum atomic E-state index is 6.06. The molecule has 1 aromatic carbocycles. The van der Waals surface area contributed by atoms with Crippen LogP contribution in [-0.2, 0) is 5.41 Å². The fourth-order valence-electron chi connectivity index (χ4n) is 3.49. The van der Waals surface area contributed by atoms with E-state index in [4.69, 9.17) is 9.15 Å². The van der Waals surface area contributed by atoms with Gasteiger partial charge in [0, 0.05) is 42.8 Å². The summed E-state index contributed by atoms with van der Waals surface area (Å²) in [5.74, 6) is 2.67. The Morgan fingerprint density at radius 1 is 1.27 bits per heavy atom. The van der Waals surface area contributed by atoms with Crippen LogP contribution in [0.5, 0.6) is 5.75 Å². The van der Waals surface area contributed by atoms with Crippen molar-refractivity contribution >= 4 is 5.69 Å². The number of rotatable bonds is 4. The third-order valence-corrected chi connectivity index (χ3v) is 5.21. The van der Waals surface area contributed by atoms with Crippen LogP contribution in [0.4, 0.5) is 5.69 Å². The van der Waals surface area contributed by atoms with E-state index in [0.29, 0.717) is 6.04 Å². The number of hydrogen-bond donors (Lipinski definition) is 0. The quantitative estimate of drug-likeness (QED) is 0.818. The van der Waals surface area contributed by atoms with Gasteiger partial charge in [0.05, 0.1) is 19.3 Å². The van der Waals surface area contributed by atoms with Crippen molar-refractivity contribution in [1.29, 1.82) is 0 Å². The van der Waals surface area contributed by atoms with E-state index in [0.717, 1.165) is 37.0 Å². The number of benzene rings is 1. The molecule has 142 valence electrons. The summed E-state index contributed by atoms with van der Waals surface area (Å²) in [6.07, 6.45) is 1.88. The third kappa shape index (κ3) is 3.88. The first-order chi connectivity index (χ1) is 12.3. The van der Waals surface area contributed by atoms with Crippen LogP contribution >= 0.6 is 0 Å². The Balaban J connectivity index is 1.69. The summed E-state index contributed by atoms with van der Waals surface area (Å²) in [7, 11) is 1.71. The van der Waals surface area contributed by atoms with Gasteiger partial charge < -0.3 is 14.1 Å². The fraction of sp³-hybridized carbons (Fsp3) is 0.571. The van der Waals surface area contributed by atoms with Gasteiger partial charge in [-0.25, -0.2) is 4.98 Å². The zero-order valence-corrected chi connectivity index (χ0v) is 16.8. The highest BCUT2D eigenvalue weighted by Crippen LogP contribution is 2.30. The van der Waals surface area contributed by atoms with E-state index in [1.54, 1.807) is 7.11 Å². The number of anilines is 1. The van der Waals surface area contributed by atoms with Crippen LogP contribution in [-0.4, -0.2) is 42.7 Å². The van der Waals surface area contributed by atoms with Crippen molar-refractivity contribution in [2.75, 3.05) is 31.6 Å². The highest BCUT2D eigenvalue weighted by Gasteiger charge is 2.30. The van der Waals surface area contributed by atoms with Gasteiger partial charge in [-0.05, 0) is 26.0 Å². The van der Waals surface area contributed by atoms with Crippen LogP contribution < -0.4 is 9.64 Å². The molecule has 0 radical (unpaired) electrons. The molecule has 0 aliphatic carbocycles. The monoisotopic (exact) mass is 357 g/mol. The lowest BCUT2D eigenvalue weighted by Crippen LogP contribution is -2.52. The van der Waals surface area contributed by atoms with Crippen molar-refractivity contribution in [2.45, 2.75) is 52.1 Å². The summed E-state index contributed by atoms with van der Waals surface area (Å²) in [5, 5.41) is 0. The maximum Gasteiger partial charge on any atom is 0.211 e. The zero-order chi connectivity index (χ0) is 18.9. The first kappa shape index (κ1) is 18.8. The minimum Gasteiger partial charge on any atom is -0.497 e. The van der Waals surface area contributed by atoms with Crippen molar-refractivity contribution in [2.24, 2.45) is 0 Å². The molecule has 0 unspecified atom stereocenters. The Bertz CT molecular complexity index is 735. The van der Waals surface area contributed by atoms with Crippen molar-refractivity contribution in [3.05, 3.63) is 42.1 Å². The minimum atomic E-state index is -0.0106. The van der Waals surface area contributed by atoms with Crippen molar-refractivity contribution in [1.82, 2.24) is 9.88 Å². The lowest BCUT2D eigenvalue weighted by Gasteiger charge is -2.43. The van der Waals surface area contributed by atoms with E-state index >= 15 is 0 Å². The summed E-state index contributed by atoms with van der Waals surface area (Å²) in [6, 6.07) is 8.90. The highest BCUT2D eigenvalue weighted by molar-refractivity contribution is 5.52. The molecular weight excluding hydrogens is 326 g/mol. The van der Waals surface area contributed by atoms with Gasteiger partial charge in [0.15, 0.2) is 0 Å². The van der Waals surface area contributed by atoms with Crippen LogP contribution in [0.1, 0.15) is 52.3 Å². The van der Waals surface area contributed by atoms with E-state index in [-0.39, 0.29) is 11.5 Å². The topological polar surface area (TPSA) is 41.7 Å². The molecule has 5 heteroatoms. The molecule has 26 heavy (non-hydrogen) atoms. The highest BCUT2D eigenvalue weighted by atomic mass is 16.5. The van der Waals surface area contributed by atoms with Gasteiger partial charge in [0.25, 0.3) is 0 Å². The van der Waals surface area contributed by atoms with Crippen molar-refractivity contribution in [3.8, 4) is 5.75 Å². The molecule has 0 N–H and O–H groups in total. The Morgan fingerprint density at radius 2 is 2.04 bits per heavy atom. The summed E-state index contributed by atoms with van der Waals surface area (Å²) in [6.45, 7) is 13.8. The van der Waals surface area contributed by atoms with E-state index in [1.165, 1.54) is 5.69 Å². The lowest BCUT2D eigenvalue weighted by atomic mass is 9.94. The second-order valence-corrected chi connectivity index (χ2v) is 8.23. The molecule has 0 bridgehead atoms. The van der Waals surface area contributed by atoms with E-state index in [2.05, 4.69) is 67.6 Å². The minimum absolute atomic E-state index is 0.0106. The molecule has 0 spiro atoms. The number of methoxy groups -OCH3 is 1. The molecule has 2 atom stereocenters. The Labute approximate surface area is 157 Å². The van der Waals surface area contributed by atoms with Gasteiger partial charge in [0.2, 0.25) is 5.89 Å². The fourth-order valence-corrected chi connectivity index (χ4v) is 3.49. The Hall–Kier alpha value is -2.01. The van der Waals surface area contributed by atoms with Gasteiger partial charge in [-0.3, -0.25) is 4.90 Å². The molecule has 1 fully saturated rings. The Kier molecular flexibility index (Phi) is 5.28. The molecule has 1 aliphatic rings. The van der Waals surface area contributed by atoms with E-state index in [1.807, 2.05) is 12.3 Å². The predicted molar refractivity (Wildman–Crippen MR) is 105 cm³/mol. The average molecular weight is 357 g/mol. The molecule has 1 saturated heterocycles. The first-order valence-corrected chi connectivity index (χ1v) is 9.40. The average Bonchev–Trinajstić information content (AvgIpc) is 3.11. The summed E-state index contributed by atoms with van der Waals surface area (Å²) >= 11 is 0. The van der Waals surface area contributed by atoms with Crippen LogP contribution in [0.25, 0.3) is 0 Å². The van der Waals surface area contributed by atoms with Crippen molar-refractivity contribution < 1.29 is 9.15 Å². The number of ether oxygens (including phenoxy) is 1. The number of oxazole rings is 1. The molecule has 2 aromatic rings. The zero-order valence-electron chi connectivity index (χ0n) is 16.8. The second kappa shape index (κ2) is 7.31. The molecule has 2 heterocycles. The van der Waals surface area contributed by atoms with E-state index in [9.17, 15) is 0 Å². The third-order valence-electron chi connectivity index (χ3n) is 5.21. The van der Waals surface area contributed by atoms with Crippen LogP contribution in [0, 0.1) is 0 Å². The SMILES string of the molecule is COc1cccc(N2CCN([C@@H](C)c3ncc(C(C)(C)C)o3)C[C@H]2C)c1. The van der Waals surface area contributed by atoms with Gasteiger partial charge >= 0.3 is 0 Å². The number of piperazine rings is 1. The summed E-state index contributed by atoms with van der Waals surface area (Å²) < 4.78 is 11.4. The second-order valence-electron chi connectivity index (χ2n) is 8.23. The molecule has 1 aromatic heterocycles. The molecule has 0 amide bonds. The maximum absolute atomic E-state index is 6.06. The first-order valence-electron chi connectivity index (χ1n) is 9.40. The van der Waals surface area contributed by atoms with Gasteiger partial charge in [-0.1, -0.05) is 26.8 Å². The molecule has 1 aliphatic heterocycles. The van der Waals surface area contributed by atoms with Gasteiger partial charge in [0.1, 0.15) is 11.5 Å². The summed E-state index contributed by atoms with van der Waals surface area (Å²) in [5.41, 5.74) is 1.21. The van der Waals surface area contributed by atoms with Gasteiger partial charge in [-0.15, -0.1) is 0 Å². The summed E-state index contributed by atoms with van der Waals surface area (Å²) in [4.78, 5) is 9.45. The van der Waals surface area contributed by atoms with Crippen LogP contribution in [0.15, 0.2) is 34.9 Å². The molecular formula is C21H31N3O2. The van der Waals surface area contributed by atoms with Gasteiger partial charge in [-0.2, -0.15) is 0 Å². The van der Waals surface area contributed by atoms with Crippen LogP contribution in [0.3, 0.4) is 0 Å². The molecule has 3 rings (SSSR count). The lowest BCUT2D eigenvalue weighted by molar-refractivity contribution is 0.151. The molecule has 5 nitrogen and oxygen atoms in total. The Morgan fingerprint density at radius 3 is 2.65 bits per heavy atom. The predicted octanol–water partition coefficient (Wildman–Crippen LogP) is 4.25.